The zero-order chi connectivity index (χ0) is 13.4. The number of carbonyl (C=O) groups is 1. The number of thiophene rings is 1. The van der Waals surface area contributed by atoms with Crippen molar-refractivity contribution < 1.29 is 4.79 Å². The molecule has 2 unspecified atom stereocenters. The first-order valence-corrected chi connectivity index (χ1v) is 8.14. The Bertz CT molecular complexity index is 439. The molecule has 3 rings (SSSR count). The molecule has 4 heteroatoms. The van der Waals surface area contributed by atoms with E-state index >= 15 is 0 Å². The zero-order valence-electron chi connectivity index (χ0n) is 11.6. The van der Waals surface area contributed by atoms with Gasteiger partial charge in [-0.05, 0) is 36.6 Å². The van der Waals surface area contributed by atoms with Crippen LogP contribution in [0.25, 0.3) is 0 Å². The highest BCUT2D eigenvalue weighted by Gasteiger charge is 2.40. The second kappa shape index (κ2) is 5.25. The number of likely N-dealkylation sites (tertiary alicyclic amines) is 1. The van der Waals surface area contributed by atoms with E-state index in [9.17, 15) is 4.79 Å². The van der Waals surface area contributed by atoms with Crippen molar-refractivity contribution in [1.29, 1.82) is 0 Å². The van der Waals surface area contributed by atoms with Crippen molar-refractivity contribution in [2.24, 2.45) is 5.92 Å². The molecule has 1 aromatic heterocycles. The lowest BCUT2D eigenvalue weighted by atomic mass is 10.0. The van der Waals surface area contributed by atoms with Gasteiger partial charge >= 0.3 is 0 Å². The number of carbonyl (C=O) groups excluding carboxylic acids is 1. The lowest BCUT2D eigenvalue weighted by Gasteiger charge is -2.30. The fraction of sp³-hybridized carbons (Fsp3) is 0.667. The first-order chi connectivity index (χ1) is 9.16. The molecule has 104 valence electrons. The van der Waals surface area contributed by atoms with Gasteiger partial charge in [0.15, 0.2) is 0 Å². The van der Waals surface area contributed by atoms with Crippen molar-refractivity contribution in [3.8, 4) is 0 Å². The Labute approximate surface area is 119 Å². The van der Waals surface area contributed by atoms with E-state index in [1.54, 1.807) is 11.3 Å². The van der Waals surface area contributed by atoms with Gasteiger partial charge in [0, 0.05) is 17.5 Å². The summed E-state index contributed by atoms with van der Waals surface area (Å²) >= 11 is 1.76. The Morgan fingerprint density at radius 1 is 1.37 bits per heavy atom. The van der Waals surface area contributed by atoms with Crippen molar-refractivity contribution >= 4 is 17.2 Å². The summed E-state index contributed by atoms with van der Waals surface area (Å²) in [6, 6.07) is 5.15. The Hall–Kier alpha value is -0.870. The number of rotatable bonds is 5. The number of nitrogens with zero attached hydrogens (tertiary/aromatic N) is 1. The van der Waals surface area contributed by atoms with Gasteiger partial charge in [-0.2, -0.15) is 0 Å². The molecule has 2 heterocycles. The smallest absolute Gasteiger partial charge is 0.240 e. The molecule has 1 amide bonds. The van der Waals surface area contributed by atoms with Gasteiger partial charge in [0.1, 0.15) is 0 Å². The van der Waals surface area contributed by atoms with Crippen LogP contribution in [-0.4, -0.2) is 29.4 Å². The van der Waals surface area contributed by atoms with Crippen LogP contribution in [0.5, 0.6) is 0 Å². The highest BCUT2D eigenvalue weighted by molar-refractivity contribution is 7.10. The standard InChI is InChI=1S/C15H22N2OS/c1-10(2)14(13-4-3-9-19-13)17-8-7-12(15(17)18)16-11-5-6-11/h3-4,9-12,14,16H,5-8H2,1-2H3. The van der Waals surface area contributed by atoms with Crippen LogP contribution in [0, 0.1) is 5.92 Å². The summed E-state index contributed by atoms with van der Waals surface area (Å²) in [6.45, 7) is 5.31. The first-order valence-electron chi connectivity index (χ1n) is 7.26. The SMILES string of the molecule is CC(C)C(c1cccs1)N1CCC(NC2CC2)C1=O. The number of hydrogen-bond donors (Lipinski definition) is 1. The lowest BCUT2D eigenvalue weighted by Crippen LogP contribution is -2.41. The highest BCUT2D eigenvalue weighted by Crippen LogP contribution is 2.35. The summed E-state index contributed by atoms with van der Waals surface area (Å²) in [7, 11) is 0. The van der Waals surface area contributed by atoms with Crippen LogP contribution in [0.15, 0.2) is 17.5 Å². The van der Waals surface area contributed by atoms with Crippen LogP contribution >= 0.6 is 11.3 Å². The van der Waals surface area contributed by atoms with Crippen molar-refractivity contribution in [2.45, 2.75) is 51.2 Å². The third kappa shape index (κ3) is 2.70. The maximum absolute atomic E-state index is 12.6. The van der Waals surface area contributed by atoms with Gasteiger partial charge in [0.25, 0.3) is 0 Å². The molecule has 1 N–H and O–H groups in total. The third-order valence-electron chi connectivity index (χ3n) is 4.06. The normalized spacial score (nSPS) is 25.3. The molecule has 0 radical (unpaired) electrons. The lowest BCUT2D eigenvalue weighted by molar-refractivity contribution is -0.132. The van der Waals surface area contributed by atoms with Crippen LogP contribution in [-0.2, 0) is 4.79 Å². The monoisotopic (exact) mass is 278 g/mol. The van der Waals surface area contributed by atoms with Crippen molar-refractivity contribution in [3.63, 3.8) is 0 Å². The molecule has 0 spiro atoms. The van der Waals surface area contributed by atoms with Gasteiger partial charge in [-0.3, -0.25) is 4.79 Å². The van der Waals surface area contributed by atoms with E-state index in [-0.39, 0.29) is 12.1 Å². The Kier molecular flexibility index (Phi) is 3.63. The second-order valence-corrected chi connectivity index (χ2v) is 7.00. The molecule has 19 heavy (non-hydrogen) atoms. The summed E-state index contributed by atoms with van der Waals surface area (Å²) < 4.78 is 0. The average molecular weight is 278 g/mol. The molecule has 1 aromatic rings. The van der Waals surface area contributed by atoms with E-state index < -0.39 is 0 Å². The van der Waals surface area contributed by atoms with Crippen LogP contribution in [0.3, 0.4) is 0 Å². The summed E-state index contributed by atoms with van der Waals surface area (Å²) in [4.78, 5) is 16.0. The molecule has 1 saturated heterocycles. The Balaban J connectivity index is 1.74. The van der Waals surface area contributed by atoms with E-state index in [4.69, 9.17) is 0 Å². The van der Waals surface area contributed by atoms with Gasteiger partial charge in [0.2, 0.25) is 5.91 Å². The maximum atomic E-state index is 12.6. The van der Waals surface area contributed by atoms with Crippen molar-refractivity contribution in [3.05, 3.63) is 22.4 Å². The van der Waals surface area contributed by atoms with E-state index in [0.29, 0.717) is 17.9 Å². The zero-order valence-corrected chi connectivity index (χ0v) is 12.5. The fourth-order valence-electron chi connectivity index (χ4n) is 2.97. The van der Waals surface area contributed by atoms with E-state index in [0.717, 1.165) is 13.0 Å². The Morgan fingerprint density at radius 2 is 2.16 bits per heavy atom. The molecule has 1 saturated carbocycles. The van der Waals surface area contributed by atoms with Crippen molar-refractivity contribution in [1.82, 2.24) is 10.2 Å². The third-order valence-corrected chi connectivity index (χ3v) is 5.00. The first kappa shape index (κ1) is 13.1. The summed E-state index contributed by atoms with van der Waals surface area (Å²) in [5.41, 5.74) is 0. The van der Waals surface area contributed by atoms with Crippen LogP contribution < -0.4 is 5.32 Å². The minimum Gasteiger partial charge on any atom is -0.333 e. The molecule has 1 aliphatic carbocycles. The highest BCUT2D eigenvalue weighted by atomic mass is 32.1. The molecule has 1 aliphatic heterocycles. The molecular weight excluding hydrogens is 256 g/mol. The van der Waals surface area contributed by atoms with Crippen LogP contribution in [0.2, 0.25) is 0 Å². The molecule has 2 atom stereocenters. The topological polar surface area (TPSA) is 32.3 Å². The molecular formula is C15H22N2OS. The molecule has 3 nitrogen and oxygen atoms in total. The predicted molar refractivity (Wildman–Crippen MR) is 78.2 cm³/mol. The summed E-state index contributed by atoms with van der Waals surface area (Å²) in [5.74, 6) is 0.765. The molecule has 2 aliphatic rings. The second-order valence-electron chi connectivity index (χ2n) is 6.02. The minimum absolute atomic E-state index is 0.0636. The van der Waals surface area contributed by atoms with Gasteiger partial charge < -0.3 is 10.2 Å². The quantitative estimate of drug-likeness (QED) is 0.898. The van der Waals surface area contributed by atoms with Crippen molar-refractivity contribution in [2.75, 3.05) is 6.54 Å². The number of amides is 1. The summed E-state index contributed by atoms with van der Waals surface area (Å²) in [5, 5.41) is 5.59. The van der Waals surface area contributed by atoms with Gasteiger partial charge in [0.05, 0.1) is 12.1 Å². The van der Waals surface area contributed by atoms with E-state index in [2.05, 4.69) is 41.6 Å². The van der Waals surface area contributed by atoms with Gasteiger partial charge in [-0.25, -0.2) is 0 Å². The van der Waals surface area contributed by atoms with Crippen LogP contribution in [0.4, 0.5) is 0 Å². The fourth-order valence-corrected chi connectivity index (χ4v) is 3.98. The largest absolute Gasteiger partial charge is 0.333 e. The molecule has 0 bridgehead atoms. The Morgan fingerprint density at radius 3 is 2.74 bits per heavy atom. The predicted octanol–water partition coefficient (Wildman–Crippen LogP) is 2.80. The van der Waals surface area contributed by atoms with Crippen LogP contribution in [0.1, 0.15) is 44.0 Å². The maximum Gasteiger partial charge on any atom is 0.240 e. The van der Waals surface area contributed by atoms with Gasteiger partial charge in [-0.1, -0.05) is 19.9 Å². The van der Waals surface area contributed by atoms with Gasteiger partial charge in [-0.15, -0.1) is 11.3 Å². The minimum atomic E-state index is 0.0636. The number of hydrogen-bond acceptors (Lipinski definition) is 3. The molecule has 2 fully saturated rings. The van der Waals surface area contributed by atoms with E-state index in [1.807, 2.05) is 0 Å². The summed E-state index contributed by atoms with van der Waals surface area (Å²) in [6.07, 6.45) is 3.44. The van der Waals surface area contributed by atoms with E-state index in [1.165, 1.54) is 17.7 Å². The average Bonchev–Trinajstić information content (AvgIpc) is 2.90. The number of nitrogens with one attached hydrogen (secondary N) is 1. The molecule has 0 aromatic carbocycles.